The van der Waals surface area contributed by atoms with Crippen molar-refractivity contribution in [3.05, 3.63) is 84.4 Å². The number of fused-ring (bicyclic) bond motifs is 3. The van der Waals surface area contributed by atoms with Crippen LogP contribution < -0.4 is 11.0 Å². The highest BCUT2D eigenvalue weighted by molar-refractivity contribution is 7.99. The monoisotopic (exact) mass is 556 g/mol. The number of nitrogens with zero attached hydrogens (tertiary/aromatic N) is 3. The number of aromatic nitrogens is 2. The maximum atomic E-state index is 13.8. The molecule has 36 heavy (non-hydrogen) atoms. The molecule has 0 saturated heterocycles. The number of hydrogen-bond donors (Lipinski definition) is 1. The molecule has 0 spiro atoms. The lowest BCUT2D eigenvalue weighted by molar-refractivity contribution is -0.118. The fourth-order valence-electron chi connectivity index (χ4n) is 4.15. The van der Waals surface area contributed by atoms with E-state index in [9.17, 15) is 9.59 Å². The van der Waals surface area contributed by atoms with Gasteiger partial charge in [0.05, 0.1) is 28.1 Å². The lowest BCUT2D eigenvalue weighted by Gasteiger charge is -2.13. The molecule has 0 aliphatic heterocycles. The minimum absolute atomic E-state index is 0.0422. The van der Waals surface area contributed by atoms with Gasteiger partial charge in [0.1, 0.15) is 4.83 Å². The second kappa shape index (κ2) is 10.8. The molecule has 6 nitrogen and oxygen atoms in total. The first-order valence-electron chi connectivity index (χ1n) is 11.4. The van der Waals surface area contributed by atoms with Gasteiger partial charge in [-0.3, -0.25) is 14.2 Å². The highest BCUT2D eigenvalue weighted by atomic mass is 35.5. The molecule has 2 aromatic carbocycles. The van der Waals surface area contributed by atoms with Gasteiger partial charge in [0.25, 0.3) is 11.5 Å². The molecule has 184 valence electrons. The Hall–Kier alpha value is -2.65. The highest BCUT2D eigenvalue weighted by Crippen LogP contribution is 2.35. The van der Waals surface area contributed by atoms with E-state index in [-0.39, 0.29) is 17.2 Å². The van der Waals surface area contributed by atoms with Gasteiger partial charge < -0.3 is 0 Å². The van der Waals surface area contributed by atoms with E-state index in [4.69, 9.17) is 28.2 Å². The summed E-state index contributed by atoms with van der Waals surface area (Å²) in [6, 6.07) is 12.8. The molecule has 2 heterocycles. The Morgan fingerprint density at radius 2 is 1.97 bits per heavy atom. The van der Waals surface area contributed by atoms with E-state index in [1.165, 1.54) is 22.9 Å². The van der Waals surface area contributed by atoms with E-state index >= 15 is 0 Å². The molecule has 5 rings (SSSR count). The molecular formula is C26H22Cl2N4O2S2. The molecular weight excluding hydrogens is 535 g/mol. The third-order valence-corrected chi connectivity index (χ3v) is 8.62. The van der Waals surface area contributed by atoms with Crippen molar-refractivity contribution >= 4 is 68.6 Å². The number of nitrogens with one attached hydrogen (secondary N) is 1. The number of benzene rings is 2. The molecule has 0 saturated carbocycles. The van der Waals surface area contributed by atoms with Crippen LogP contribution in [0.25, 0.3) is 15.9 Å². The summed E-state index contributed by atoms with van der Waals surface area (Å²) in [6.45, 7) is 2.00. The molecule has 0 radical (unpaired) electrons. The second-order valence-electron chi connectivity index (χ2n) is 8.51. The first kappa shape index (κ1) is 25.0. The third kappa shape index (κ3) is 5.22. The minimum atomic E-state index is -0.323. The van der Waals surface area contributed by atoms with E-state index < -0.39 is 0 Å². The van der Waals surface area contributed by atoms with Gasteiger partial charge in [0.2, 0.25) is 0 Å². The van der Waals surface area contributed by atoms with Gasteiger partial charge in [-0.25, -0.2) is 10.4 Å². The van der Waals surface area contributed by atoms with Crippen LogP contribution in [-0.2, 0) is 17.6 Å². The van der Waals surface area contributed by atoms with E-state index in [0.29, 0.717) is 26.2 Å². The highest BCUT2D eigenvalue weighted by Gasteiger charge is 2.23. The summed E-state index contributed by atoms with van der Waals surface area (Å²) < 4.78 is 1.62. The summed E-state index contributed by atoms with van der Waals surface area (Å²) in [5, 5.41) is 6.15. The Labute approximate surface area is 226 Å². The predicted octanol–water partition coefficient (Wildman–Crippen LogP) is 6.18. The topological polar surface area (TPSA) is 76.3 Å². The molecule has 1 N–H and O–H groups in total. The zero-order valence-corrected chi connectivity index (χ0v) is 22.5. The molecule has 0 fully saturated rings. The van der Waals surface area contributed by atoms with Gasteiger partial charge in [-0.05, 0) is 62.4 Å². The van der Waals surface area contributed by atoms with Crippen LogP contribution in [0.3, 0.4) is 0 Å². The van der Waals surface area contributed by atoms with Crippen molar-refractivity contribution in [3.8, 4) is 5.69 Å². The number of rotatable bonds is 6. The zero-order chi connectivity index (χ0) is 25.2. The van der Waals surface area contributed by atoms with E-state index in [0.717, 1.165) is 47.3 Å². The van der Waals surface area contributed by atoms with Crippen molar-refractivity contribution in [3.63, 3.8) is 0 Å². The fourth-order valence-corrected chi connectivity index (χ4v) is 6.71. The zero-order valence-electron chi connectivity index (χ0n) is 19.4. The van der Waals surface area contributed by atoms with E-state index in [1.807, 2.05) is 31.2 Å². The van der Waals surface area contributed by atoms with Gasteiger partial charge >= 0.3 is 0 Å². The van der Waals surface area contributed by atoms with Gasteiger partial charge in [0, 0.05) is 15.5 Å². The van der Waals surface area contributed by atoms with Crippen molar-refractivity contribution < 1.29 is 4.79 Å². The normalized spacial score (nSPS) is 13.3. The van der Waals surface area contributed by atoms with Crippen LogP contribution >= 0.6 is 46.3 Å². The number of carbonyl (C=O) groups excluding carboxylic acids is 1. The van der Waals surface area contributed by atoms with Crippen molar-refractivity contribution in [1.82, 2.24) is 15.0 Å². The Balaban J connectivity index is 1.42. The quantitative estimate of drug-likeness (QED) is 0.133. The Kier molecular flexibility index (Phi) is 7.48. The number of amides is 1. The third-order valence-electron chi connectivity index (χ3n) is 5.94. The van der Waals surface area contributed by atoms with Crippen molar-refractivity contribution in [2.45, 2.75) is 37.8 Å². The first-order valence-corrected chi connectivity index (χ1v) is 14.0. The number of hydrogen-bond acceptors (Lipinski definition) is 6. The number of thioether (sulfide) groups is 1. The summed E-state index contributed by atoms with van der Waals surface area (Å²) in [4.78, 5) is 33.2. The van der Waals surface area contributed by atoms with Gasteiger partial charge in [-0.1, -0.05) is 58.7 Å². The maximum absolute atomic E-state index is 13.8. The molecule has 0 bridgehead atoms. The van der Waals surface area contributed by atoms with Crippen LogP contribution in [0.4, 0.5) is 0 Å². The molecule has 0 atom stereocenters. The summed E-state index contributed by atoms with van der Waals surface area (Å²) in [5.41, 5.74) is 6.03. The van der Waals surface area contributed by atoms with Crippen molar-refractivity contribution in [2.24, 2.45) is 5.10 Å². The van der Waals surface area contributed by atoms with Crippen molar-refractivity contribution in [1.29, 1.82) is 0 Å². The molecule has 0 unspecified atom stereocenters. The van der Waals surface area contributed by atoms with Crippen LogP contribution in [-0.4, -0.2) is 27.4 Å². The van der Waals surface area contributed by atoms with Crippen molar-refractivity contribution in [2.75, 3.05) is 5.75 Å². The molecule has 4 aromatic rings. The van der Waals surface area contributed by atoms with Crippen LogP contribution in [0.15, 0.2) is 57.5 Å². The molecule has 2 aromatic heterocycles. The summed E-state index contributed by atoms with van der Waals surface area (Å²) >= 11 is 14.9. The number of carbonyl (C=O) groups is 1. The first-order chi connectivity index (χ1) is 17.4. The Morgan fingerprint density at radius 1 is 1.19 bits per heavy atom. The summed E-state index contributed by atoms with van der Waals surface area (Å²) in [7, 11) is 0. The largest absolute Gasteiger partial charge is 0.272 e. The van der Waals surface area contributed by atoms with Crippen LogP contribution in [0.1, 0.15) is 34.4 Å². The Bertz CT molecular complexity index is 1540. The molecule has 1 aliphatic carbocycles. The SMILES string of the molecule is Cc1ccc(-n2c(SCC(=O)NN=Cc3ccc(Cl)cc3Cl)nc3sc4c(c3c2=O)CCCC4)cc1. The number of hydrazone groups is 1. The van der Waals surface area contributed by atoms with Crippen LogP contribution in [0, 0.1) is 6.92 Å². The summed E-state index contributed by atoms with van der Waals surface area (Å²) in [6.07, 6.45) is 5.58. The van der Waals surface area contributed by atoms with Gasteiger partial charge in [-0.15, -0.1) is 11.3 Å². The predicted molar refractivity (Wildman–Crippen MR) is 150 cm³/mol. The fraction of sp³-hybridized carbons (Fsp3) is 0.231. The van der Waals surface area contributed by atoms with Gasteiger partial charge in [0.15, 0.2) is 5.16 Å². The van der Waals surface area contributed by atoms with E-state index in [2.05, 4.69) is 10.5 Å². The lowest BCUT2D eigenvalue weighted by atomic mass is 9.97. The number of halogens is 2. The number of aryl methyl sites for hydroxylation is 3. The van der Waals surface area contributed by atoms with Gasteiger partial charge in [-0.2, -0.15) is 5.10 Å². The number of thiophene rings is 1. The Morgan fingerprint density at radius 3 is 2.75 bits per heavy atom. The average Bonchev–Trinajstić information content (AvgIpc) is 3.23. The molecule has 10 heteroatoms. The maximum Gasteiger partial charge on any atom is 0.267 e. The average molecular weight is 558 g/mol. The second-order valence-corrected chi connectivity index (χ2v) is 11.4. The van der Waals surface area contributed by atoms with Crippen LogP contribution in [0.2, 0.25) is 10.0 Å². The smallest absolute Gasteiger partial charge is 0.267 e. The van der Waals surface area contributed by atoms with E-state index in [1.54, 1.807) is 34.1 Å². The summed E-state index contributed by atoms with van der Waals surface area (Å²) in [5.74, 6) is -0.280. The molecule has 1 amide bonds. The van der Waals surface area contributed by atoms with Crippen LogP contribution in [0.5, 0.6) is 0 Å². The lowest BCUT2D eigenvalue weighted by Crippen LogP contribution is -2.24. The molecule has 1 aliphatic rings. The standard InChI is InChI=1S/C26H22Cl2N4O2S2/c1-15-6-10-18(11-7-15)32-25(34)23-19-4-2-3-5-21(19)36-24(23)30-26(32)35-14-22(33)31-29-13-16-8-9-17(27)12-20(16)28/h6-13H,2-5,14H2,1H3,(H,31,33). The minimum Gasteiger partial charge on any atom is -0.272 e.